The van der Waals surface area contributed by atoms with E-state index in [2.05, 4.69) is 10.1 Å². The monoisotopic (exact) mass is 370 g/mol. The number of hydrogen-bond acceptors (Lipinski definition) is 5. The summed E-state index contributed by atoms with van der Waals surface area (Å²) >= 11 is 0. The second kappa shape index (κ2) is 9.38. The van der Waals surface area contributed by atoms with E-state index in [0.29, 0.717) is 17.1 Å². The molecule has 0 bridgehead atoms. The van der Waals surface area contributed by atoms with E-state index >= 15 is 0 Å². The minimum Gasteiger partial charge on any atom is -0.465 e. The number of amides is 2. The lowest BCUT2D eigenvalue weighted by Gasteiger charge is -2.15. The maximum Gasteiger partial charge on any atom is 0.341 e. The van der Waals surface area contributed by atoms with Crippen LogP contribution in [0.25, 0.3) is 6.08 Å². The first-order valence-electron chi connectivity index (χ1n) is 8.33. The number of nitrogens with zero attached hydrogens (tertiary/aromatic N) is 1. The number of likely N-dealkylation sites (N-methyl/N-ethyl adjacent to an activating group) is 1. The van der Waals surface area contributed by atoms with Crippen molar-refractivity contribution in [2.45, 2.75) is 13.5 Å². The lowest BCUT2D eigenvalue weighted by molar-refractivity contribution is -0.131. The third kappa shape index (κ3) is 5.85. The van der Waals surface area contributed by atoms with Gasteiger partial charge in [-0.05, 0) is 24.6 Å². The molecular weight excluding hydrogens is 348 g/mol. The van der Waals surface area contributed by atoms with Gasteiger partial charge in [0, 0.05) is 13.1 Å². The van der Waals surface area contributed by atoms with Gasteiger partial charge in [-0.2, -0.15) is 0 Å². The second-order valence-corrected chi connectivity index (χ2v) is 5.89. The molecule has 1 heterocycles. The van der Waals surface area contributed by atoms with Crippen LogP contribution in [0.3, 0.4) is 0 Å². The maximum atomic E-state index is 12.2. The lowest BCUT2D eigenvalue weighted by Crippen LogP contribution is -2.37. The molecule has 142 valence electrons. The SMILES string of the molecule is COC(=O)c1cc(CN(C)C(=O)CNC(=O)/C=C/c2ccccc2)oc1C. The van der Waals surface area contributed by atoms with Crippen molar-refractivity contribution in [3.05, 3.63) is 65.1 Å². The molecule has 0 aliphatic rings. The summed E-state index contributed by atoms with van der Waals surface area (Å²) in [6.45, 7) is 1.68. The average molecular weight is 370 g/mol. The molecule has 0 fully saturated rings. The van der Waals surface area contributed by atoms with E-state index in [9.17, 15) is 14.4 Å². The van der Waals surface area contributed by atoms with Crippen LogP contribution in [0.2, 0.25) is 0 Å². The molecule has 0 atom stereocenters. The largest absolute Gasteiger partial charge is 0.465 e. The van der Waals surface area contributed by atoms with Gasteiger partial charge in [-0.3, -0.25) is 9.59 Å². The Hall–Kier alpha value is -3.35. The molecule has 0 aliphatic heterocycles. The van der Waals surface area contributed by atoms with Crippen LogP contribution in [-0.4, -0.2) is 43.4 Å². The fraction of sp³-hybridized carbons (Fsp3) is 0.250. The molecule has 7 nitrogen and oxygen atoms in total. The van der Waals surface area contributed by atoms with Crippen molar-refractivity contribution < 1.29 is 23.5 Å². The van der Waals surface area contributed by atoms with Crippen LogP contribution >= 0.6 is 0 Å². The van der Waals surface area contributed by atoms with Crippen LogP contribution in [0.15, 0.2) is 46.9 Å². The molecule has 0 spiro atoms. The number of benzene rings is 1. The molecule has 0 saturated heterocycles. The summed E-state index contributed by atoms with van der Waals surface area (Å²) in [5, 5.41) is 2.54. The summed E-state index contributed by atoms with van der Waals surface area (Å²) in [5.41, 5.74) is 1.22. The van der Waals surface area contributed by atoms with Gasteiger partial charge in [0.25, 0.3) is 0 Å². The highest BCUT2D eigenvalue weighted by molar-refractivity contribution is 5.94. The number of nitrogens with one attached hydrogen (secondary N) is 1. The summed E-state index contributed by atoms with van der Waals surface area (Å²) in [6.07, 6.45) is 3.05. The topological polar surface area (TPSA) is 88.9 Å². The van der Waals surface area contributed by atoms with Gasteiger partial charge in [0.15, 0.2) is 0 Å². The van der Waals surface area contributed by atoms with Crippen molar-refractivity contribution in [1.29, 1.82) is 0 Å². The van der Waals surface area contributed by atoms with Crippen molar-refractivity contribution in [1.82, 2.24) is 10.2 Å². The molecule has 0 radical (unpaired) electrons. The first-order valence-corrected chi connectivity index (χ1v) is 8.33. The molecular formula is C20H22N2O5. The third-order valence-electron chi connectivity index (χ3n) is 3.83. The van der Waals surface area contributed by atoms with E-state index in [1.165, 1.54) is 18.1 Å². The van der Waals surface area contributed by atoms with Crippen molar-refractivity contribution >= 4 is 23.9 Å². The number of carbonyl (C=O) groups is 3. The molecule has 0 aliphatic carbocycles. The maximum absolute atomic E-state index is 12.2. The Bertz CT molecular complexity index is 839. The Morgan fingerprint density at radius 3 is 2.59 bits per heavy atom. The number of hydrogen-bond donors (Lipinski definition) is 1. The standard InChI is InChI=1S/C20H22N2O5/c1-14-17(20(25)26-3)11-16(27-14)13-22(2)19(24)12-21-18(23)10-9-15-7-5-4-6-8-15/h4-11H,12-13H2,1-3H3,(H,21,23)/b10-9+. The van der Waals surface area contributed by atoms with Gasteiger partial charge in [-0.15, -0.1) is 0 Å². The summed E-state index contributed by atoms with van der Waals surface area (Å²) in [4.78, 5) is 37.0. The number of aryl methyl sites for hydroxylation is 1. The molecule has 2 rings (SSSR count). The lowest BCUT2D eigenvalue weighted by atomic mass is 10.2. The zero-order valence-electron chi connectivity index (χ0n) is 15.5. The van der Waals surface area contributed by atoms with E-state index in [4.69, 9.17) is 4.42 Å². The number of carbonyl (C=O) groups excluding carboxylic acids is 3. The Kier molecular flexibility index (Phi) is 6.93. The molecule has 1 aromatic heterocycles. The summed E-state index contributed by atoms with van der Waals surface area (Å²) in [7, 11) is 2.88. The highest BCUT2D eigenvalue weighted by Gasteiger charge is 2.18. The summed E-state index contributed by atoms with van der Waals surface area (Å²) in [5.74, 6) is -0.252. The molecule has 1 N–H and O–H groups in total. The van der Waals surface area contributed by atoms with E-state index in [1.54, 1.807) is 26.1 Å². The minimum atomic E-state index is -0.492. The first-order chi connectivity index (χ1) is 12.9. The molecule has 0 saturated carbocycles. The third-order valence-corrected chi connectivity index (χ3v) is 3.83. The average Bonchev–Trinajstić information content (AvgIpc) is 3.04. The summed E-state index contributed by atoms with van der Waals surface area (Å²) < 4.78 is 10.1. The molecule has 0 unspecified atom stereocenters. The van der Waals surface area contributed by atoms with Crippen molar-refractivity contribution in [3.8, 4) is 0 Å². The molecule has 7 heteroatoms. The minimum absolute atomic E-state index is 0.141. The van der Waals surface area contributed by atoms with Crippen LogP contribution in [0.4, 0.5) is 0 Å². The number of furan rings is 1. The fourth-order valence-electron chi connectivity index (χ4n) is 2.35. The number of methoxy groups -OCH3 is 1. The van der Waals surface area contributed by atoms with E-state index in [1.807, 2.05) is 30.3 Å². The highest BCUT2D eigenvalue weighted by atomic mass is 16.5. The predicted octanol–water partition coefficient (Wildman–Crippen LogP) is 2.16. The fourth-order valence-corrected chi connectivity index (χ4v) is 2.35. The first kappa shape index (κ1) is 20.0. The zero-order valence-corrected chi connectivity index (χ0v) is 15.5. The Balaban J connectivity index is 1.84. The van der Waals surface area contributed by atoms with Gasteiger partial charge in [0.05, 0.1) is 20.2 Å². The molecule has 1 aromatic carbocycles. The smallest absolute Gasteiger partial charge is 0.341 e. The number of esters is 1. The zero-order chi connectivity index (χ0) is 19.8. The number of rotatable bonds is 7. The van der Waals surface area contributed by atoms with Crippen LogP contribution in [0.5, 0.6) is 0 Å². The van der Waals surface area contributed by atoms with E-state index < -0.39 is 5.97 Å². The molecule has 2 amide bonds. The van der Waals surface area contributed by atoms with Crippen molar-refractivity contribution in [2.24, 2.45) is 0 Å². The summed E-state index contributed by atoms with van der Waals surface area (Å²) in [6, 6.07) is 10.9. The Labute approximate surface area is 157 Å². The van der Waals surface area contributed by atoms with Crippen LogP contribution in [0.1, 0.15) is 27.4 Å². The van der Waals surface area contributed by atoms with Gasteiger partial charge in [-0.1, -0.05) is 30.3 Å². The van der Waals surface area contributed by atoms with Crippen molar-refractivity contribution in [2.75, 3.05) is 20.7 Å². The molecule has 2 aromatic rings. The Morgan fingerprint density at radius 2 is 1.93 bits per heavy atom. The van der Waals surface area contributed by atoms with Gasteiger partial charge in [0.2, 0.25) is 11.8 Å². The number of ether oxygens (including phenoxy) is 1. The Morgan fingerprint density at radius 1 is 1.22 bits per heavy atom. The van der Waals surface area contributed by atoms with Crippen LogP contribution in [-0.2, 0) is 20.9 Å². The normalized spacial score (nSPS) is 10.6. The highest BCUT2D eigenvalue weighted by Crippen LogP contribution is 2.16. The quantitative estimate of drug-likeness (QED) is 0.596. The van der Waals surface area contributed by atoms with Crippen molar-refractivity contribution in [3.63, 3.8) is 0 Å². The van der Waals surface area contributed by atoms with Crippen LogP contribution < -0.4 is 5.32 Å². The van der Waals surface area contributed by atoms with Crippen LogP contribution in [0, 0.1) is 6.92 Å². The second-order valence-electron chi connectivity index (χ2n) is 5.89. The van der Waals surface area contributed by atoms with E-state index in [0.717, 1.165) is 5.56 Å². The predicted molar refractivity (Wildman–Crippen MR) is 99.7 cm³/mol. The molecule has 27 heavy (non-hydrogen) atoms. The van der Waals surface area contributed by atoms with Gasteiger partial charge in [0.1, 0.15) is 17.1 Å². The van der Waals surface area contributed by atoms with Gasteiger partial charge in [-0.25, -0.2) is 4.79 Å². The van der Waals surface area contributed by atoms with E-state index in [-0.39, 0.29) is 24.9 Å². The van der Waals surface area contributed by atoms with Gasteiger partial charge >= 0.3 is 5.97 Å². The van der Waals surface area contributed by atoms with Gasteiger partial charge < -0.3 is 19.4 Å².